The Kier molecular flexibility index (Phi) is 6.23. The highest BCUT2D eigenvalue weighted by molar-refractivity contribution is 6.31. The zero-order chi connectivity index (χ0) is 11.8. The molecule has 4 heteroatoms. The molecule has 3 nitrogen and oxygen atoms in total. The molecule has 0 aliphatic heterocycles. The lowest BCUT2D eigenvalue weighted by atomic mass is 10.2. The van der Waals surface area contributed by atoms with Crippen LogP contribution in [0.15, 0.2) is 18.2 Å². The van der Waals surface area contributed by atoms with Gasteiger partial charge in [0.25, 0.3) is 0 Å². The molecule has 0 heterocycles. The zero-order valence-corrected chi connectivity index (χ0v) is 10.0. The third kappa shape index (κ3) is 4.00. The number of benzene rings is 1. The Morgan fingerprint density at radius 2 is 2.06 bits per heavy atom. The van der Waals surface area contributed by atoms with Gasteiger partial charge in [-0.15, -0.1) is 0 Å². The molecule has 0 fully saturated rings. The number of nitrogens with two attached hydrogens (primary N) is 1. The van der Waals surface area contributed by atoms with Crippen molar-refractivity contribution in [1.29, 1.82) is 0 Å². The zero-order valence-electron chi connectivity index (χ0n) is 9.29. The second kappa shape index (κ2) is 7.49. The summed E-state index contributed by atoms with van der Waals surface area (Å²) in [4.78, 5) is 0. The van der Waals surface area contributed by atoms with Crippen LogP contribution in [0.3, 0.4) is 0 Å². The van der Waals surface area contributed by atoms with Gasteiger partial charge in [0.2, 0.25) is 0 Å². The lowest BCUT2D eigenvalue weighted by Crippen LogP contribution is -2.04. The van der Waals surface area contributed by atoms with Crippen molar-refractivity contribution in [2.75, 3.05) is 13.2 Å². The fourth-order valence-electron chi connectivity index (χ4n) is 1.44. The number of aliphatic hydroxyl groups excluding tert-OH is 1. The summed E-state index contributed by atoms with van der Waals surface area (Å²) < 4.78 is 5.61. The van der Waals surface area contributed by atoms with Gasteiger partial charge in [-0.2, -0.15) is 0 Å². The Hall–Kier alpha value is -0.770. The quantitative estimate of drug-likeness (QED) is 0.723. The van der Waals surface area contributed by atoms with Gasteiger partial charge in [-0.1, -0.05) is 17.7 Å². The topological polar surface area (TPSA) is 55.5 Å². The third-order valence-electron chi connectivity index (χ3n) is 2.34. The molecular formula is C12H18ClNO2. The Labute approximate surface area is 101 Å². The molecule has 0 bridgehead atoms. The van der Waals surface area contributed by atoms with Crippen LogP contribution in [-0.4, -0.2) is 18.3 Å². The van der Waals surface area contributed by atoms with E-state index in [9.17, 15) is 0 Å². The average molecular weight is 244 g/mol. The first kappa shape index (κ1) is 13.3. The molecule has 0 aliphatic rings. The van der Waals surface area contributed by atoms with Gasteiger partial charge < -0.3 is 15.6 Å². The highest BCUT2D eigenvalue weighted by Gasteiger charge is 2.05. The van der Waals surface area contributed by atoms with Crippen LogP contribution in [0.2, 0.25) is 5.02 Å². The van der Waals surface area contributed by atoms with E-state index in [0.717, 1.165) is 30.6 Å². The maximum Gasteiger partial charge on any atom is 0.125 e. The molecule has 0 atom stereocenters. The molecule has 1 aromatic rings. The van der Waals surface area contributed by atoms with Crippen molar-refractivity contribution < 1.29 is 9.84 Å². The number of ether oxygens (including phenoxy) is 1. The normalized spacial score (nSPS) is 10.4. The van der Waals surface area contributed by atoms with Crippen LogP contribution in [0.5, 0.6) is 5.75 Å². The molecule has 1 rings (SSSR count). The van der Waals surface area contributed by atoms with Crippen molar-refractivity contribution in [1.82, 2.24) is 0 Å². The van der Waals surface area contributed by atoms with Gasteiger partial charge in [0, 0.05) is 23.7 Å². The molecule has 1 aromatic carbocycles. The van der Waals surface area contributed by atoms with Crippen molar-refractivity contribution >= 4 is 11.6 Å². The fourth-order valence-corrected chi connectivity index (χ4v) is 1.69. The minimum atomic E-state index is 0.241. The van der Waals surface area contributed by atoms with E-state index < -0.39 is 0 Å². The Morgan fingerprint density at radius 3 is 2.75 bits per heavy atom. The molecule has 0 spiro atoms. The summed E-state index contributed by atoms with van der Waals surface area (Å²) in [6.07, 6.45) is 2.72. The maximum absolute atomic E-state index is 8.63. The first-order valence-corrected chi connectivity index (χ1v) is 5.88. The fraction of sp³-hybridized carbons (Fsp3) is 0.500. The maximum atomic E-state index is 8.63. The number of hydrogen-bond donors (Lipinski definition) is 2. The van der Waals surface area contributed by atoms with Gasteiger partial charge >= 0.3 is 0 Å². The third-order valence-corrected chi connectivity index (χ3v) is 2.69. The van der Waals surface area contributed by atoms with E-state index in [1.165, 1.54) is 0 Å². The smallest absolute Gasteiger partial charge is 0.125 e. The van der Waals surface area contributed by atoms with Crippen LogP contribution in [0.25, 0.3) is 0 Å². The second-order valence-corrected chi connectivity index (χ2v) is 3.96. The van der Waals surface area contributed by atoms with Gasteiger partial charge in [-0.05, 0) is 31.4 Å². The van der Waals surface area contributed by atoms with E-state index in [1.807, 2.05) is 18.2 Å². The lowest BCUT2D eigenvalue weighted by molar-refractivity contribution is 0.265. The SMILES string of the molecule is NCc1c(Cl)cccc1OCCCCCO. The summed E-state index contributed by atoms with van der Waals surface area (Å²) >= 11 is 6.00. The summed E-state index contributed by atoms with van der Waals surface area (Å²) in [5.74, 6) is 0.763. The van der Waals surface area contributed by atoms with E-state index in [1.54, 1.807) is 0 Å². The van der Waals surface area contributed by atoms with Gasteiger partial charge in [0.1, 0.15) is 5.75 Å². The van der Waals surface area contributed by atoms with Crippen molar-refractivity contribution in [3.8, 4) is 5.75 Å². The second-order valence-electron chi connectivity index (χ2n) is 3.55. The van der Waals surface area contributed by atoms with E-state index in [-0.39, 0.29) is 6.61 Å². The molecule has 0 amide bonds. The van der Waals surface area contributed by atoms with Crippen molar-refractivity contribution in [2.24, 2.45) is 5.73 Å². The van der Waals surface area contributed by atoms with Gasteiger partial charge in [-0.25, -0.2) is 0 Å². The summed E-state index contributed by atoms with van der Waals surface area (Å²) in [7, 11) is 0. The monoisotopic (exact) mass is 243 g/mol. The molecule has 0 radical (unpaired) electrons. The van der Waals surface area contributed by atoms with Crippen LogP contribution in [0.4, 0.5) is 0 Å². The predicted octanol–water partition coefficient (Wildman–Crippen LogP) is 2.34. The highest BCUT2D eigenvalue weighted by atomic mass is 35.5. The van der Waals surface area contributed by atoms with E-state index >= 15 is 0 Å². The Bertz CT molecular complexity index is 318. The van der Waals surface area contributed by atoms with Gasteiger partial charge in [0.15, 0.2) is 0 Å². The Balaban J connectivity index is 2.44. The molecule has 0 saturated carbocycles. The van der Waals surface area contributed by atoms with Crippen LogP contribution in [0.1, 0.15) is 24.8 Å². The molecule has 3 N–H and O–H groups in total. The van der Waals surface area contributed by atoms with Crippen LogP contribution < -0.4 is 10.5 Å². The molecule has 0 unspecified atom stereocenters. The minimum Gasteiger partial charge on any atom is -0.493 e. The number of rotatable bonds is 7. The minimum absolute atomic E-state index is 0.241. The summed E-state index contributed by atoms with van der Waals surface area (Å²) in [6, 6.07) is 5.53. The highest BCUT2D eigenvalue weighted by Crippen LogP contribution is 2.25. The lowest BCUT2D eigenvalue weighted by Gasteiger charge is -2.11. The van der Waals surface area contributed by atoms with Gasteiger partial charge in [-0.3, -0.25) is 0 Å². The average Bonchev–Trinajstić information content (AvgIpc) is 2.29. The van der Waals surface area contributed by atoms with E-state index in [0.29, 0.717) is 18.2 Å². The molecule has 0 saturated heterocycles. The summed E-state index contributed by atoms with van der Waals surface area (Å²) in [5, 5.41) is 9.27. The largest absolute Gasteiger partial charge is 0.493 e. The standard InChI is InChI=1S/C12H18ClNO2/c13-11-5-4-6-12(10(11)9-14)16-8-3-1-2-7-15/h4-6,15H,1-3,7-9,14H2. The predicted molar refractivity (Wildman–Crippen MR) is 65.8 cm³/mol. The van der Waals surface area contributed by atoms with E-state index in [4.69, 9.17) is 27.2 Å². The van der Waals surface area contributed by atoms with Crippen LogP contribution in [-0.2, 0) is 6.54 Å². The summed E-state index contributed by atoms with van der Waals surface area (Å²) in [5.41, 5.74) is 6.46. The molecule has 0 aromatic heterocycles. The Morgan fingerprint density at radius 1 is 1.25 bits per heavy atom. The molecule has 0 aliphatic carbocycles. The summed E-state index contributed by atoms with van der Waals surface area (Å²) in [6.45, 7) is 1.25. The van der Waals surface area contributed by atoms with Crippen LogP contribution >= 0.6 is 11.6 Å². The number of hydrogen-bond acceptors (Lipinski definition) is 3. The van der Waals surface area contributed by atoms with E-state index in [2.05, 4.69) is 0 Å². The van der Waals surface area contributed by atoms with Crippen molar-refractivity contribution in [3.63, 3.8) is 0 Å². The van der Waals surface area contributed by atoms with Crippen molar-refractivity contribution in [3.05, 3.63) is 28.8 Å². The molecule has 16 heavy (non-hydrogen) atoms. The number of aliphatic hydroxyl groups is 1. The number of halogens is 1. The first-order valence-electron chi connectivity index (χ1n) is 5.50. The molecular weight excluding hydrogens is 226 g/mol. The van der Waals surface area contributed by atoms with Crippen LogP contribution in [0, 0.1) is 0 Å². The number of unbranched alkanes of at least 4 members (excludes halogenated alkanes) is 2. The first-order chi connectivity index (χ1) is 7.79. The van der Waals surface area contributed by atoms with Crippen molar-refractivity contribution in [2.45, 2.75) is 25.8 Å². The van der Waals surface area contributed by atoms with Gasteiger partial charge in [0.05, 0.1) is 6.61 Å². The molecule has 90 valence electrons.